The van der Waals surface area contributed by atoms with Gasteiger partial charge in [0, 0.05) is 31.9 Å². The lowest BCUT2D eigenvalue weighted by molar-refractivity contribution is -0.116. The van der Waals surface area contributed by atoms with Crippen molar-refractivity contribution in [1.29, 1.82) is 0 Å². The third kappa shape index (κ3) is 5.43. The van der Waals surface area contributed by atoms with Crippen LogP contribution < -0.4 is 15.4 Å². The molecule has 1 aromatic heterocycles. The molecule has 0 spiro atoms. The summed E-state index contributed by atoms with van der Waals surface area (Å²) in [7, 11) is 0. The molecule has 2 N–H and O–H groups in total. The summed E-state index contributed by atoms with van der Waals surface area (Å²) in [6, 6.07) is 20.8. The van der Waals surface area contributed by atoms with Crippen molar-refractivity contribution >= 4 is 11.6 Å². The molecule has 1 amide bonds. The number of hydrogen-bond donors (Lipinski definition) is 2. The molecule has 26 heavy (non-hydrogen) atoms. The molecule has 1 heterocycles. The number of amides is 1. The van der Waals surface area contributed by atoms with Gasteiger partial charge in [0.05, 0.1) is 5.69 Å². The molecule has 132 valence electrons. The molecule has 0 fully saturated rings. The van der Waals surface area contributed by atoms with Crippen molar-refractivity contribution < 1.29 is 9.53 Å². The minimum Gasteiger partial charge on any atom is -0.455 e. The Morgan fingerprint density at radius 3 is 2.46 bits per heavy atom. The quantitative estimate of drug-likeness (QED) is 0.605. The van der Waals surface area contributed by atoms with E-state index >= 15 is 0 Å². The number of pyridine rings is 1. The van der Waals surface area contributed by atoms with Crippen molar-refractivity contribution in [2.75, 3.05) is 11.9 Å². The van der Waals surface area contributed by atoms with E-state index in [9.17, 15) is 4.79 Å². The largest absolute Gasteiger partial charge is 0.455 e. The van der Waals surface area contributed by atoms with E-state index in [0.717, 1.165) is 11.3 Å². The SMILES string of the molecule is O=C(CCNCc1ccncc1)Nc1ccccc1Oc1ccccc1. The van der Waals surface area contributed by atoms with E-state index in [1.807, 2.05) is 66.7 Å². The third-order valence-electron chi connectivity index (χ3n) is 3.74. The van der Waals surface area contributed by atoms with Crippen LogP contribution in [0.3, 0.4) is 0 Å². The lowest BCUT2D eigenvalue weighted by Crippen LogP contribution is -2.21. The molecule has 5 heteroatoms. The summed E-state index contributed by atoms with van der Waals surface area (Å²) in [6.45, 7) is 1.30. The minimum absolute atomic E-state index is 0.0589. The second-order valence-corrected chi connectivity index (χ2v) is 5.74. The zero-order valence-corrected chi connectivity index (χ0v) is 14.4. The van der Waals surface area contributed by atoms with Crippen molar-refractivity contribution in [3.8, 4) is 11.5 Å². The Morgan fingerprint density at radius 2 is 1.65 bits per heavy atom. The number of ether oxygens (including phenoxy) is 1. The first-order valence-corrected chi connectivity index (χ1v) is 8.53. The number of carbonyl (C=O) groups is 1. The van der Waals surface area contributed by atoms with Gasteiger partial charge in [-0.05, 0) is 42.0 Å². The van der Waals surface area contributed by atoms with Crippen LogP contribution in [0.25, 0.3) is 0 Å². The molecule has 0 unspecified atom stereocenters. The van der Waals surface area contributed by atoms with Crippen LogP contribution in [0.5, 0.6) is 11.5 Å². The monoisotopic (exact) mass is 347 g/mol. The maximum absolute atomic E-state index is 12.2. The molecule has 0 radical (unpaired) electrons. The highest BCUT2D eigenvalue weighted by atomic mass is 16.5. The fourth-order valence-electron chi connectivity index (χ4n) is 2.42. The van der Waals surface area contributed by atoms with Gasteiger partial charge < -0.3 is 15.4 Å². The number of anilines is 1. The van der Waals surface area contributed by atoms with Crippen LogP contribution in [-0.4, -0.2) is 17.4 Å². The highest BCUT2D eigenvalue weighted by Gasteiger charge is 2.08. The van der Waals surface area contributed by atoms with Gasteiger partial charge in [0.1, 0.15) is 5.75 Å². The molecular weight excluding hydrogens is 326 g/mol. The first kappa shape index (κ1) is 17.6. The molecule has 5 nitrogen and oxygen atoms in total. The highest BCUT2D eigenvalue weighted by molar-refractivity contribution is 5.92. The van der Waals surface area contributed by atoms with Gasteiger partial charge in [0.15, 0.2) is 5.75 Å². The smallest absolute Gasteiger partial charge is 0.225 e. The highest BCUT2D eigenvalue weighted by Crippen LogP contribution is 2.29. The fraction of sp³-hybridized carbons (Fsp3) is 0.143. The predicted molar refractivity (Wildman–Crippen MR) is 102 cm³/mol. The first-order valence-electron chi connectivity index (χ1n) is 8.53. The van der Waals surface area contributed by atoms with Crippen molar-refractivity contribution in [3.05, 3.63) is 84.7 Å². The average molecular weight is 347 g/mol. The van der Waals surface area contributed by atoms with Crippen LogP contribution in [0.2, 0.25) is 0 Å². The third-order valence-corrected chi connectivity index (χ3v) is 3.74. The maximum Gasteiger partial charge on any atom is 0.225 e. The van der Waals surface area contributed by atoms with Crippen molar-refractivity contribution in [1.82, 2.24) is 10.3 Å². The van der Waals surface area contributed by atoms with Crippen LogP contribution in [0, 0.1) is 0 Å². The normalized spacial score (nSPS) is 10.3. The van der Waals surface area contributed by atoms with Gasteiger partial charge >= 0.3 is 0 Å². The Morgan fingerprint density at radius 1 is 0.923 bits per heavy atom. The second kappa shape index (κ2) is 9.34. The number of carbonyl (C=O) groups excluding carboxylic acids is 1. The van der Waals surface area contributed by atoms with Crippen LogP contribution in [0.15, 0.2) is 79.1 Å². The van der Waals surface area contributed by atoms with Gasteiger partial charge in [0.2, 0.25) is 5.91 Å². The topological polar surface area (TPSA) is 63.2 Å². The van der Waals surface area contributed by atoms with Gasteiger partial charge in [-0.3, -0.25) is 9.78 Å². The molecule has 0 aliphatic heterocycles. The lowest BCUT2D eigenvalue weighted by atomic mass is 10.2. The number of aromatic nitrogens is 1. The number of nitrogens with zero attached hydrogens (tertiary/aromatic N) is 1. The molecule has 3 aromatic rings. The number of rotatable bonds is 8. The van der Waals surface area contributed by atoms with E-state index in [1.54, 1.807) is 12.4 Å². The maximum atomic E-state index is 12.2. The standard InChI is InChI=1S/C21H21N3O2/c25-21(12-15-23-16-17-10-13-22-14-11-17)24-19-8-4-5-9-20(19)26-18-6-2-1-3-7-18/h1-11,13-14,23H,12,15-16H2,(H,24,25). The van der Waals surface area contributed by atoms with E-state index < -0.39 is 0 Å². The number of hydrogen-bond acceptors (Lipinski definition) is 4. The zero-order chi connectivity index (χ0) is 18.0. The summed E-state index contributed by atoms with van der Waals surface area (Å²) >= 11 is 0. The van der Waals surface area contributed by atoms with E-state index in [4.69, 9.17) is 4.74 Å². The Labute approximate surface area is 153 Å². The molecule has 0 saturated carbocycles. The van der Waals surface area contributed by atoms with Gasteiger partial charge in [-0.15, -0.1) is 0 Å². The summed E-state index contributed by atoms with van der Waals surface area (Å²) in [6.07, 6.45) is 3.89. The molecular formula is C21H21N3O2. The van der Waals surface area contributed by atoms with Gasteiger partial charge in [-0.1, -0.05) is 30.3 Å². The molecule has 0 saturated heterocycles. The number of benzene rings is 2. The van der Waals surface area contributed by atoms with Crippen molar-refractivity contribution in [3.63, 3.8) is 0 Å². The van der Waals surface area contributed by atoms with Crippen LogP contribution in [-0.2, 0) is 11.3 Å². The Hall–Kier alpha value is -3.18. The van der Waals surface area contributed by atoms with Crippen molar-refractivity contribution in [2.45, 2.75) is 13.0 Å². The molecule has 0 aliphatic carbocycles. The second-order valence-electron chi connectivity index (χ2n) is 5.74. The first-order chi connectivity index (χ1) is 12.8. The van der Waals surface area contributed by atoms with Gasteiger partial charge in [-0.2, -0.15) is 0 Å². The summed E-state index contributed by atoms with van der Waals surface area (Å²) in [4.78, 5) is 16.2. The van der Waals surface area contributed by atoms with E-state index in [0.29, 0.717) is 30.9 Å². The Bertz CT molecular complexity index is 823. The van der Waals surface area contributed by atoms with Crippen LogP contribution in [0.1, 0.15) is 12.0 Å². The summed E-state index contributed by atoms with van der Waals surface area (Å²) in [5.41, 5.74) is 1.80. The summed E-state index contributed by atoms with van der Waals surface area (Å²) < 4.78 is 5.86. The summed E-state index contributed by atoms with van der Waals surface area (Å²) in [5.74, 6) is 1.29. The number of para-hydroxylation sites is 3. The Kier molecular flexibility index (Phi) is 6.34. The van der Waals surface area contributed by atoms with Gasteiger partial charge in [0.25, 0.3) is 0 Å². The van der Waals surface area contributed by atoms with Crippen LogP contribution in [0.4, 0.5) is 5.69 Å². The van der Waals surface area contributed by atoms with Gasteiger partial charge in [-0.25, -0.2) is 0 Å². The predicted octanol–water partition coefficient (Wildman–Crippen LogP) is 3.99. The molecule has 0 atom stereocenters. The molecule has 0 bridgehead atoms. The number of nitrogens with one attached hydrogen (secondary N) is 2. The van der Waals surface area contributed by atoms with E-state index in [1.165, 1.54) is 0 Å². The Balaban J connectivity index is 1.49. The summed E-state index contributed by atoms with van der Waals surface area (Å²) in [5, 5.41) is 6.17. The average Bonchev–Trinajstić information content (AvgIpc) is 2.68. The zero-order valence-electron chi connectivity index (χ0n) is 14.4. The fourth-order valence-corrected chi connectivity index (χ4v) is 2.42. The minimum atomic E-state index is -0.0589. The molecule has 2 aromatic carbocycles. The van der Waals surface area contributed by atoms with Crippen LogP contribution >= 0.6 is 0 Å². The van der Waals surface area contributed by atoms with Crippen molar-refractivity contribution in [2.24, 2.45) is 0 Å². The molecule has 3 rings (SSSR count). The van der Waals surface area contributed by atoms with E-state index in [2.05, 4.69) is 15.6 Å². The molecule has 0 aliphatic rings. The lowest BCUT2D eigenvalue weighted by Gasteiger charge is -2.12. The van der Waals surface area contributed by atoms with E-state index in [-0.39, 0.29) is 5.91 Å².